The molecule has 0 saturated carbocycles. The third-order valence-corrected chi connectivity index (χ3v) is 10.8. The first-order valence-corrected chi connectivity index (χ1v) is 18.2. The summed E-state index contributed by atoms with van der Waals surface area (Å²) in [5.41, 5.74) is 11.3. The zero-order valence-electron chi connectivity index (χ0n) is 30.1. The lowest BCUT2D eigenvalue weighted by Gasteiger charge is -2.42. The Hall–Kier alpha value is -6.99. The van der Waals surface area contributed by atoms with Crippen LogP contribution in [0.1, 0.15) is 25.0 Å². The van der Waals surface area contributed by atoms with Crippen LogP contribution in [0.2, 0.25) is 0 Å². The van der Waals surface area contributed by atoms with Crippen molar-refractivity contribution in [1.82, 2.24) is 19.5 Å². The number of fused-ring (bicyclic) bond motifs is 5. The van der Waals surface area contributed by atoms with Crippen LogP contribution in [0.5, 0.6) is 0 Å². The highest BCUT2D eigenvalue weighted by atomic mass is 19.1. The van der Waals surface area contributed by atoms with Crippen molar-refractivity contribution in [3.05, 3.63) is 187 Å². The van der Waals surface area contributed by atoms with Gasteiger partial charge in [0.2, 0.25) is 5.95 Å². The Morgan fingerprint density at radius 2 is 0.945 bits per heavy atom. The minimum Gasteiger partial charge on any atom is -0.310 e. The van der Waals surface area contributed by atoms with E-state index >= 15 is 0 Å². The molecule has 1 aliphatic heterocycles. The Kier molecular flexibility index (Phi) is 7.46. The maximum absolute atomic E-state index is 13.9. The molecule has 0 unspecified atom stereocenters. The van der Waals surface area contributed by atoms with Crippen LogP contribution < -0.4 is 4.90 Å². The molecule has 0 radical (unpaired) electrons. The van der Waals surface area contributed by atoms with E-state index in [0.717, 1.165) is 38.6 Å². The third-order valence-electron chi connectivity index (χ3n) is 10.8. The van der Waals surface area contributed by atoms with Crippen molar-refractivity contribution >= 4 is 38.9 Å². The van der Waals surface area contributed by atoms with Gasteiger partial charge in [-0.25, -0.2) is 13.8 Å². The standard InChI is InChI=1S/C48H33F2N5/c1-48(2)39-10-4-7-13-43(39)54(44-14-8-5-11-40(44)48)36-26-19-30(20-27-36)33-21-28-42-38(29-33)37-9-3-6-12-41(37)55(42)47-52-45(31-15-22-34(49)23-16-31)51-46(53-47)32-17-24-35(50)25-18-32/h3-29H,1-2H3. The molecule has 0 N–H and O–H groups in total. The van der Waals surface area contributed by atoms with Gasteiger partial charge in [0.25, 0.3) is 0 Å². The van der Waals surface area contributed by atoms with E-state index in [1.807, 2.05) is 16.7 Å². The summed E-state index contributed by atoms with van der Waals surface area (Å²) in [5.74, 6) is 0.470. The number of hydrogen-bond acceptors (Lipinski definition) is 4. The van der Waals surface area contributed by atoms with Crippen molar-refractivity contribution in [2.75, 3.05) is 4.90 Å². The number of hydrogen-bond donors (Lipinski definition) is 0. The molecule has 1 aliphatic rings. The van der Waals surface area contributed by atoms with Crippen LogP contribution in [0.25, 0.3) is 61.7 Å². The quantitative estimate of drug-likeness (QED) is 0.178. The van der Waals surface area contributed by atoms with Crippen molar-refractivity contribution in [2.45, 2.75) is 19.3 Å². The summed E-state index contributed by atoms with van der Waals surface area (Å²) in [4.78, 5) is 17.0. The molecule has 5 nitrogen and oxygen atoms in total. The average Bonchev–Trinajstić information content (AvgIpc) is 3.55. The minimum atomic E-state index is -0.351. The van der Waals surface area contributed by atoms with E-state index in [2.05, 4.69) is 122 Å². The molecule has 7 aromatic carbocycles. The van der Waals surface area contributed by atoms with Crippen LogP contribution in [0.3, 0.4) is 0 Å². The highest BCUT2D eigenvalue weighted by molar-refractivity contribution is 6.10. The number of halogens is 2. The second-order valence-electron chi connectivity index (χ2n) is 14.4. The van der Waals surface area contributed by atoms with Gasteiger partial charge in [-0.2, -0.15) is 9.97 Å². The van der Waals surface area contributed by atoms with Crippen molar-refractivity contribution in [3.63, 3.8) is 0 Å². The normalized spacial score (nSPS) is 13.2. The number of para-hydroxylation sites is 3. The van der Waals surface area contributed by atoms with E-state index in [0.29, 0.717) is 28.7 Å². The van der Waals surface area contributed by atoms with Gasteiger partial charge in [-0.15, -0.1) is 0 Å². The Bertz CT molecular complexity index is 2800. The summed E-state index contributed by atoms with van der Waals surface area (Å²) >= 11 is 0. The van der Waals surface area contributed by atoms with Crippen molar-refractivity contribution in [1.29, 1.82) is 0 Å². The lowest BCUT2D eigenvalue weighted by atomic mass is 9.73. The summed E-state index contributed by atoms with van der Waals surface area (Å²) in [6.45, 7) is 4.60. The molecule has 7 heteroatoms. The van der Waals surface area contributed by atoms with Crippen LogP contribution in [0.4, 0.5) is 25.8 Å². The topological polar surface area (TPSA) is 46.8 Å². The molecular formula is C48H33F2N5. The SMILES string of the molecule is CC1(C)c2ccccc2N(c2ccc(-c3ccc4c(c3)c3ccccc3n4-c3nc(-c4ccc(F)cc4)nc(-c4ccc(F)cc4)n3)cc2)c2ccccc21. The highest BCUT2D eigenvalue weighted by Gasteiger charge is 2.36. The molecule has 0 saturated heterocycles. The van der Waals surface area contributed by atoms with Gasteiger partial charge in [-0.3, -0.25) is 4.57 Å². The largest absolute Gasteiger partial charge is 0.310 e. The molecule has 2 aromatic heterocycles. The third kappa shape index (κ3) is 5.38. The fourth-order valence-corrected chi connectivity index (χ4v) is 8.04. The fraction of sp³-hybridized carbons (Fsp3) is 0.0625. The molecule has 0 amide bonds. The monoisotopic (exact) mass is 717 g/mol. The summed E-state index contributed by atoms with van der Waals surface area (Å²) in [6.07, 6.45) is 0. The Labute approximate surface area is 316 Å². The van der Waals surface area contributed by atoms with E-state index in [1.165, 1.54) is 46.8 Å². The smallest absolute Gasteiger partial charge is 0.238 e. The molecule has 9 aromatic rings. The van der Waals surface area contributed by atoms with Gasteiger partial charge in [0, 0.05) is 33.0 Å². The van der Waals surface area contributed by atoms with E-state index in [-0.39, 0.29) is 17.0 Å². The van der Waals surface area contributed by atoms with E-state index < -0.39 is 0 Å². The minimum absolute atomic E-state index is 0.120. The van der Waals surface area contributed by atoms with Gasteiger partial charge >= 0.3 is 0 Å². The van der Waals surface area contributed by atoms with Crippen LogP contribution in [0.15, 0.2) is 164 Å². The van der Waals surface area contributed by atoms with Gasteiger partial charge in [0.1, 0.15) is 11.6 Å². The van der Waals surface area contributed by atoms with Gasteiger partial charge in [0.05, 0.1) is 22.4 Å². The van der Waals surface area contributed by atoms with Gasteiger partial charge in [-0.05, 0) is 113 Å². The fourth-order valence-electron chi connectivity index (χ4n) is 8.04. The maximum Gasteiger partial charge on any atom is 0.238 e. The molecule has 10 rings (SSSR count). The van der Waals surface area contributed by atoms with E-state index in [1.54, 1.807) is 24.3 Å². The average molecular weight is 718 g/mol. The summed E-state index contributed by atoms with van der Waals surface area (Å²) in [7, 11) is 0. The van der Waals surface area contributed by atoms with Gasteiger partial charge < -0.3 is 4.90 Å². The zero-order chi connectivity index (χ0) is 37.3. The first-order chi connectivity index (χ1) is 26.8. The molecule has 0 aliphatic carbocycles. The number of rotatable bonds is 5. The molecule has 55 heavy (non-hydrogen) atoms. The number of aromatic nitrogens is 4. The Morgan fingerprint density at radius 3 is 1.55 bits per heavy atom. The first-order valence-electron chi connectivity index (χ1n) is 18.2. The van der Waals surface area contributed by atoms with Gasteiger partial charge in [-0.1, -0.05) is 86.6 Å². The molecule has 264 valence electrons. The number of nitrogens with zero attached hydrogens (tertiary/aromatic N) is 5. The molecule has 0 bridgehead atoms. The summed E-state index contributed by atoms with van der Waals surface area (Å²) < 4.78 is 29.9. The van der Waals surface area contributed by atoms with Crippen LogP contribution in [0, 0.1) is 11.6 Å². The molecule has 0 atom stereocenters. The Morgan fingerprint density at radius 1 is 0.455 bits per heavy atom. The summed E-state index contributed by atoms with van der Waals surface area (Å²) in [6, 6.07) is 52.9. The van der Waals surface area contributed by atoms with Crippen LogP contribution in [-0.2, 0) is 5.41 Å². The number of benzene rings is 7. The van der Waals surface area contributed by atoms with Crippen LogP contribution in [-0.4, -0.2) is 19.5 Å². The first kappa shape index (κ1) is 32.6. The van der Waals surface area contributed by atoms with E-state index in [9.17, 15) is 8.78 Å². The molecule has 0 fully saturated rings. The molecular weight excluding hydrogens is 685 g/mol. The second-order valence-corrected chi connectivity index (χ2v) is 14.4. The zero-order valence-corrected chi connectivity index (χ0v) is 30.1. The maximum atomic E-state index is 13.9. The summed E-state index contributed by atoms with van der Waals surface area (Å²) in [5, 5.41) is 2.09. The van der Waals surface area contributed by atoms with Crippen molar-refractivity contribution < 1.29 is 8.78 Å². The van der Waals surface area contributed by atoms with Crippen LogP contribution >= 0.6 is 0 Å². The predicted molar refractivity (Wildman–Crippen MR) is 217 cm³/mol. The Balaban J connectivity index is 1.09. The predicted octanol–water partition coefficient (Wildman–Crippen LogP) is 12.4. The van der Waals surface area contributed by atoms with Crippen molar-refractivity contribution in [3.8, 4) is 39.9 Å². The highest BCUT2D eigenvalue weighted by Crippen LogP contribution is 2.51. The second kappa shape index (κ2) is 12.6. The lowest BCUT2D eigenvalue weighted by Crippen LogP contribution is -2.30. The number of anilines is 3. The van der Waals surface area contributed by atoms with E-state index in [4.69, 9.17) is 15.0 Å². The van der Waals surface area contributed by atoms with Crippen molar-refractivity contribution in [2.24, 2.45) is 0 Å². The lowest BCUT2D eigenvalue weighted by molar-refractivity contribution is 0.627. The van der Waals surface area contributed by atoms with Gasteiger partial charge in [0.15, 0.2) is 11.6 Å². The molecule has 0 spiro atoms. The molecule has 3 heterocycles.